The van der Waals surface area contributed by atoms with Crippen molar-refractivity contribution in [3.05, 3.63) is 88.6 Å². The van der Waals surface area contributed by atoms with Gasteiger partial charge in [-0.3, -0.25) is 14.6 Å². The third kappa shape index (κ3) is 4.21. The Balaban J connectivity index is 1.88. The minimum Gasteiger partial charge on any atom is -0.507 e. The number of carbonyl (C=O) groups is 2. The Labute approximate surface area is 198 Å². The van der Waals surface area contributed by atoms with Crippen LogP contribution in [0.3, 0.4) is 0 Å². The monoisotopic (exact) mass is 460 g/mol. The number of methoxy groups -OCH3 is 1. The third-order valence-electron chi connectivity index (χ3n) is 5.93. The summed E-state index contributed by atoms with van der Waals surface area (Å²) in [6.45, 7) is 8.04. The zero-order valence-corrected chi connectivity index (χ0v) is 20.0. The number of carbonyl (C=O) groups excluding carboxylic acids is 2. The van der Waals surface area contributed by atoms with E-state index in [0.717, 1.165) is 11.1 Å². The molecule has 176 valence electrons. The minimum atomic E-state index is -0.867. The molecule has 1 atom stereocenters. The minimum absolute atomic E-state index is 0.00623. The Bertz CT molecular complexity index is 1270. The number of hydrogen-bond acceptors (Lipinski definition) is 6. The van der Waals surface area contributed by atoms with Gasteiger partial charge in [-0.1, -0.05) is 26.8 Å². The first-order chi connectivity index (χ1) is 16.1. The third-order valence-corrected chi connectivity index (χ3v) is 5.93. The van der Waals surface area contributed by atoms with Crippen molar-refractivity contribution in [3.63, 3.8) is 0 Å². The van der Waals surface area contributed by atoms with E-state index in [-0.39, 0.29) is 23.3 Å². The van der Waals surface area contributed by atoms with Gasteiger partial charge in [-0.25, -0.2) is 0 Å². The lowest BCUT2D eigenvalue weighted by Crippen LogP contribution is -2.29. The topological polar surface area (TPSA) is 92.9 Å². The van der Waals surface area contributed by atoms with Crippen molar-refractivity contribution < 1.29 is 23.8 Å². The fraction of sp³-hybridized carbons (Fsp3) is 0.296. The molecule has 2 aromatic heterocycles. The molecule has 1 aromatic carbocycles. The lowest BCUT2D eigenvalue weighted by molar-refractivity contribution is -0.140. The highest BCUT2D eigenvalue weighted by Crippen LogP contribution is 2.42. The molecule has 0 aliphatic carbocycles. The molecule has 4 rings (SSSR count). The van der Waals surface area contributed by atoms with Crippen molar-refractivity contribution in [3.8, 4) is 5.75 Å². The first-order valence-corrected chi connectivity index (χ1v) is 11.0. The molecule has 1 aliphatic rings. The molecule has 0 radical (unpaired) electrons. The van der Waals surface area contributed by atoms with Crippen LogP contribution >= 0.6 is 0 Å². The SMILES string of the molecule is COc1ccc(/C(O)=C2/C(=O)C(=O)N(Cc3cccnc3)C2c2ccc(C)o2)cc1C(C)(C)C. The summed E-state index contributed by atoms with van der Waals surface area (Å²) in [7, 11) is 1.59. The average molecular weight is 461 g/mol. The fourth-order valence-electron chi connectivity index (χ4n) is 4.22. The molecule has 1 saturated heterocycles. The van der Waals surface area contributed by atoms with Crippen LogP contribution in [0.15, 0.2) is 64.8 Å². The Hall–Kier alpha value is -3.87. The van der Waals surface area contributed by atoms with Crippen LogP contribution in [0.5, 0.6) is 5.75 Å². The van der Waals surface area contributed by atoms with Gasteiger partial charge in [0, 0.05) is 30.1 Å². The van der Waals surface area contributed by atoms with Crippen LogP contribution < -0.4 is 4.74 Å². The summed E-state index contributed by atoms with van der Waals surface area (Å²) in [6.07, 6.45) is 3.28. The summed E-state index contributed by atoms with van der Waals surface area (Å²) in [5.41, 5.74) is 1.78. The molecule has 1 unspecified atom stereocenters. The van der Waals surface area contributed by atoms with E-state index in [1.54, 1.807) is 62.8 Å². The van der Waals surface area contributed by atoms with Crippen LogP contribution in [0.4, 0.5) is 0 Å². The molecule has 7 heteroatoms. The molecule has 0 spiro atoms. The second kappa shape index (κ2) is 8.82. The van der Waals surface area contributed by atoms with Gasteiger partial charge in [0.1, 0.15) is 29.1 Å². The molecule has 0 bridgehead atoms. The number of aliphatic hydroxyl groups is 1. The van der Waals surface area contributed by atoms with Gasteiger partial charge in [-0.2, -0.15) is 0 Å². The van der Waals surface area contributed by atoms with Gasteiger partial charge in [-0.15, -0.1) is 0 Å². The van der Waals surface area contributed by atoms with Crippen molar-refractivity contribution in [2.75, 3.05) is 7.11 Å². The smallest absolute Gasteiger partial charge is 0.296 e. The summed E-state index contributed by atoms with van der Waals surface area (Å²) < 4.78 is 11.3. The molecule has 1 fully saturated rings. The molecular weight excluding hydrogens is 432 g/mol. The molecule has 3 heterocycles. The molecule has 0 saturated carbocycles. The Morgan fingerprint density at radius 3 is 2.53 bits per heavy atom. The predicted molar refractivity (Wildman–Crippen MR) is 127 cm³/mol. The maximum Gasteiger partial charge on any atom is 0.296 e. The number of aromatic nitrogens is 1. The number of ketones is 1. The van der Waals surface area contributed by atoms with E-state index in [2.05, 4.69) is 4.98 Å². The van der Waals surface area contributed by atoms with Gasteiger partial charge >= 0.3 is 0 Å². The molecule has 1 N–H and O–H groups in total. The van der Waals surface area contributed by atoms with E-state index in [1.165, 1.54) is 4.90 Å². The van der Waals surface area contributed by atoms with Gasteiger partial charge in [0.05, 0.1) is 12.7 Å². The predicted octanol–water partition coefficient (Wildman–Crippen LogP) is 4.91. The van der Waals surface area contributed by atoms with Gasteiger partial charge in [0.25, 0.3) is 11.7 Å². The lowest BCUT2D eigenvalue weighted by Gasteiger charge is -2.24. The van der Waals surface area contributed by atoms with E-state index in [1.807, 2.05) is 26.8 Å². The highest BCUT2D eigenvalue weighted by molar-refractivity contribution is 6.46. The number of aryl methyl sites for hydroxylation is 1. The number of benzene rings is 1. The zero-order valence-electron chi connectivity index (χ0n) is 20.0. The number of furan rings is 1. The maximum atomic E-state index is 13.2. The summed E-state index contributed by atoms with van der Waals surface area (Å²) in [6, 6.07) is 11.5. The number of nitrogens with zero attached hydrogens (tertiary/aromatic N) is 2. The Kier molecular flexibility index (Phi) is 6.04. The molecule has 1 aliphatic heterocycles. The zero-order chi connectivity index (χ0) is 24.6. The normalized spacial score (nSPS) is 17.9. The van der Waals surface area contributed by atoms with Gasteiger partial charge in [-0.05, 0) is 54.3 Å². The average Bonchev–Trinajstić information content (AvgIpc) is 3.34. The standard InChI is InChI=1S/C27H28N2O5/c1-16-8-10-21(34-16)23-22(25(31)26(32)29(23)15-17-7-6-12-28-14-17)24(30)18-9-11-20(33-5)19(13-18)27(2,3)4/h6-14,23,30H,15H2,1-5H3/b24-22-. The number of pyridine rings is 1. The Morgan fingerprint density at radius 1 is 1.18 bits per heavy atom. The number of Topliss-reactive ketones (excluding diaryl/α,β-unsaturated/α-hetero) is 1. The van der Waals surface area contributed by atoms with Crippen molar-refractivity contribution in [1.29, 1.82) is 0 Å². The summed E-state index contributed by atoms with van der Waals surface area (Å²) >= 11 is 0. The van der Waals surface area contributed by atoms with Gasteiger partial charge in [0.15, 0.2) is 0 Å². The highest BCUT2D eigenvalue weighted by Gasteiger charge is 2.47. The first kappa shape index (κ1) is 23.3. The van der Waals surface area contributed by atoms with Crippen molar-refractivity contribution in [2.24, 2.45) is 0 Å². The highest BCUT2D eigenvalue weighted by atomic mass is 16.5. The summed E-state index contributed by atoms with van der Waals surface area (Å²) in [5, 5.41) is 11.4. The Morgan fingerprint density at radius 2 is 1.94 bits per heavy atom. The number of likely N-dealkylation sites (tertiary alicyclic amines) is 1. The van der Waals surface area contributed by atoms with Crippen LogP contribution in [-0.2, 0) is 21.5 Å². The second-order valence-electron chi connectivity index (χ2n) is 9.40. The molecule has 34 heavy (non-hydrogen) atoms. The largest absolute Gasteiger partial charge is 0.507 e. The quantitative estimate of drug-likeness (QED) is 0.330. The van der Waals surface area contributed by atoms with Crippen LogP contribution in [0.1, 0.15) is 55.0 Å². The van der Waals surface area contributed by atoms with E-state index < -0.39 is 17.7 Å². The van der Waals surface area contributed by atoms with E-state index in [9.17, 15) is 14.7 Å². The van der Waals surface area contributed by atoms with Crippen molar-refractivity contribution >= 4 is 17.4 Å². The van der Waals surface area contributed by atoms with Crippen molar-refractivity contribution in [2.45, 2.75) is 45.7 Å². The van der Waals surface area contributed by atoms with E-state index in [0.29, 0.717) is 22.8 Å². The van der Waals surface area contributed by atoms with Crippen LogP contribution in [-0.4, -0.2) is 33.8 Å². The van der Waals surface area contributed by atoms with Crippen LogP contribution in [0, 0.1) is 6.92 Å². The molecule has 3 aromatic rings. The van der Waals surface area contributed by atoms with Crippen LogP contribution in [0.2, 0.25) is 0 Å². The molecule has 7 nitrogen and oxygen atoms in total. The van der Waals surface area contributed by atoms with Gasteiger partial charge in [0.2, 0.25) is 0 Å². The van der Waals surface area contributed by atoms with Crippen LogP contribution in [0.25, 0.3) is 5.76 Å². The molecule has 1 amide bonds. The number of aliphatic hydroxyl groups excluding tert-OH is 1. The molecular formula is C27H28N2O5. The number of hydrogen-bond donors (Lipinski definition) is 1. The lowest BCUT2D eigenvalue weighted by atomic mass is 9.84. The number of amides is 1. The van der Waals surface area contributed by atoms with E-state index >= 15 is 0 Å². The second-order valence-corrected chi connectivity index (χ2v) is 9.40. The summed E-state index contributed by atoms with van der Waals surface area (Å²) in [4.78, 5) is 31.9. The first-order valence-electron chi connectivity index (χ1n) is 11.0. The summed E-state index contributed by atoms with van der Waals surface area (Å²) in [5.74, 6) is 0.0224. The van der Waals surface area contributed by atoms with E-state index in [4.69, 9.17) is 9.15 Å². The van der Waals surface area contributed by atoms with Crippen molar-refractivity contribution in [1.82, 2.24) is 9.88 Å². The number of rotatable bonds is 5. The fourth-order valence-corrected chi connectivity index (χ4v) is 4.22. The van der Waals surface area contributed by atoms with Gasteiger partial charge < -0.3 is 19.2 Å². The number of ether oxygens (including phenoxy) is 1. The maximum absolute atomic E-state index is 13.2.